The van der Waals surface area contributed by atoms with Gasteiger partial charge in [0, 0.05) is 17.9 Å². The first-order valence-electron chi connectivity index (χ1n) is 5.91. The van der Waals surface area contributed by atoms with Gasteiger partial charge in [0.25, 0.3) is 0 Å². The maximum atomic E-state index is 12.9. The molecule has 1 saturated heterocycles. The zero-order valence-electron chi connectivity index (χ0n) is 11.2. The van der Waals surface area contributed by atoms with Crippen LogP contribution in [0.4, 0.5) is 13.2 Å². The number of alkyl halides is 3. The highest BCUT2D eigenvalue weighted by Crippen LogP contribution is 2.37. The number of halogens is 3. The van der Waals surface area contributed by atoms with Crippen LogP contribution in [0.3, 0.4) is 0 Å². The molecule has 1 fully saturated rings. The van der Waals surface area contributed by atoms with E-state index in [-0.39, 0.29) is 5.46 Å². The molecule has 2 heterocycles. The Morgan fingerprint density at radius 2 is 1.63 bits per heavy atom. The minimum atomic E-state index is -4.46. The van der Waals surface area contributed by atoms with E-state index in [0.29, 0.717) is 0 Å². The fourth-order valence-electron chi connectivity index (χ4n) is 1.82. The summed E-state index contributed by atoms with van der Waals surface area (Å²) in [7, 11) is -1.06. The van der Waals surface area contributed by atoms with Gasteiger partial charge in [-0.2, -0.15) is 13.2 Å². The third kappa shape index (κ3) is 2.49. The summed E-state index contributed by atoms with van der Waals surface area (Å²) in [6.07, 6.45) is -2.20. The third-order valence-electron chi connectivity index (χ3n) is 3.66. The summed E-state index contributed by atoms with van der Waals surface area (Å²) >= 11 is 0. The fourth-order valence-corrected chi connectivity index (χ4v) is 1.82. The van der Waals surface area contributed by atoms with Crippen molar-refractivity contribution in [2.45, 2.75) is 45.1 Å². The maximum Gasteiger partial charge on any atom is 0.497 e. The molecule has 1 aliphatic rings. The van der Waals surface area contributed by atoms with Gasteiger partial charge in [0.2, 0.25) is 0 Å². The van der Waals surface area contributed by atoms with E-state index in [4.69, 9.17) is 9.31 Å². The lowest BCUT2D eigenvalue weighted by atomic mass is 9.77. The van der Waals surface area contributed by atoms with Gasteiger partial charge in [-0.3, -0.25) is 4.98 Å². The van der Waals surface area contributed by atoms with Gasteiger partial charge in [-0.05, 0) is 33.8 Å². The zero-order chi connectivity index (χ0) is 14.5. The molecule has 2 rings (SSSR count). The second kappa shape index (κ2) is 4.21. The van der Waals surface area contributed by atoms with Crippen molar-refractivity contribution in [2.24, 2.45) is 0 Å². The molecule has 0 atom stereocenters. The summed E-state index contributed by atoms with van der Waals surface area (Å²) < 4.78 is 50.1. The van der Waals surface area contributed by atoms with Gasteiger partial charge in [-0.25, -0.2) is 0 Å². The number of hydrogen-bond acceptors (Lipinski definition) is 3. The fraction of sp³-hybridized carbons (Fsp3) is 0.583. The Kier molecular flexibility index (Phi) is 3.18. The Hall–Kier alpha value is -1.08. The number of aromatic nitrogens is 1. The van der Waals surface area contributed by atoms with E-state index >= 15 is 0 Å². The van der Waals surface area contributed by atoms with Crippen molar-refractivity contribution >= 4 is 12.6 Å². The Balaban J connectivity index is 2.41. The van der Waals surface area contributed by atoms with Gasteiger partial charge >= 0.3 is 13.3 Å². The molecule has 0 N–H and O–H groups in total. The molecule has 0 bridgehead atoms. The molecule has 1 aromatic heterocycles. The van der Waals surface area contributed by atoms with Crippen molar-refractivity contribution in [1.29, 1.82) is 0 Å². The van der Waals surface area contributed by atoms with Gasteiger partial charge in [-0.15, -0.1) is 0 Å². The highest BCUT2D eigenvalue weighted by molar-refractivity contribution is 6.62. The first-order chi connectivity index (χ1) is 8.55. The van der Waals surface area contributed by atoms with E-state index in [2.05, 4.69) is 4.98 Å². The second-order valence-electron chi connectivity index (χ2n) is 5.55. The maximum absolute atomic E-state index is 12.9. The predicted molar refractivity (Wildman–Crippen MR) is 65.0 cm³/mol. The molecule has 0 radical (unpaired) electrons. The summed E-state index contributed by atoms with van der Waals surface area (Å²) in [6.45, 7) is 7.15. The van der Waals surface area contributed by atoms with Crippen LogP contribution in [0.2, 0.25) is 0 Å². The van der Waals surface area contributed by atoms with Crippen LogP contribution in [-0.4, -0.2) is 23.3 Å². The molecule has 7 heteroatoms. The first kappa shape index (κ1) is 14.3. The van der Waals surface area contributed by atoms with Gasteiger partial charge in [0.05, 0.1) is 16.8 Å². The lowest BCUT2D eigenvalue weighted by Crippen LogP contribution is -2.41. The second-order valence-corrected chi connectivity index (χ2v) is 5.55. The number of nitrogens with zero attached hydrogens (tertiary/aromatic N) is 1. The Bertz CT molecular complexity index is 472. The SMILES string of the molecule is CC1(C)OB(c2cnccc2C(F)(F)F)OC1(C)C. The van der Waals surface area contributed by atoms with Crippen molar-refractivity contribution < 1.29 is 22.5 Å². The van der Waals surface area contributed by atoms with Crippen molar-refractivity contribution in [3.63, 3.8) is 0 Å². The van der Waals surface area contributed by atoms with Crippen molar-refractivity contribution in [1.82, 2.24) is 4.98 Å². The molecule has 0 spiro atoms. The van der Waals surface area contributed by atoms with Crippen LogP contribution in [0.1, 0.15) is 33.3 Å². The predicted octanol–water partition coefficient (Wildman–Crippen LogP) is 2.40. The van der Waals surface area contributed by atoms with Crippen molar-refractivity contribution in [2.75, 3.05) is 0 Å². The molecule has 0 aliphatic carbocycles. The molecule has 0 aromatic carbocycles. The average Bonchev–Trinajstić information content (AvgIpc) is 2.47. The molecule has 0 unspecified atom stereocenters. The largest absolute Gasteiger partial charge is 0.497 e. The minimum absolute atomic E-state index is 0.0892. The lowest BCUT2D eigenvalue weighted by Gasteiger charge is -2.32. The number of hydrogen-bond donors (Lipinski definition) is 0. The summed E-state index contributed by atoms with van der Waals surface area (Å²) in [5.74, 6) is 0. The van der Waals surface area contributed by atoms with Crippen LogP contribution in [0.5, 0.6) is 0 Å². The van der Waals surface area contributed by atoms with E-state index in [1.165, 1.54) is 0 Å². The smallest absolute Gasteiger partial charge is 0.399 e. The Morgan fingerprint density at radius 3 is 2.11 bits per heavy atom. The van der Waals surface area contributed by atoms with Crippen LogP contribution < -0.4 is 5.46 Å². The highest BCUT2D eigenvalue weighted by Gasteiger charge is 2.53. The van der Waals surface area contributed by atoms with E-state index in [1.54, 1.807) is 27.7 Å². The van der Waals surface area contributed by atoms with Crippen LogP contribution in [0.25, 0.3) is 0 Å². The van der Waals surface area contributed by atoms with Crippen LogP contribution in [-0.2, 0) is 15.5 Å². The molecular weight excluding hydrogens is 258 g/mol. The molecule has 0 saturated carbocycles. The molecule has 19 heavy (non-hydrogen) atoms. The Labute approximate surface area is 110 Å². The molecule has 3 nitrogen and oxygen atoms in total. The van der Waals surface area contributed by atoms with E-state index in [1.807, 2.05) is 0 Å². The summed E-state index contributed by atoms with van der Waals surface area (Å²) in [6, 6.07) is 0.931. The summed E-state index contributed by atoms with van der Waals surface area (Å²) in [5, 5.41) is 0. The lowest BCUT2D eigenvalue weighted by molar-refractivity contribution is -0.136. The molecule has 0 amide bonds. The monoisotopic (exact) mass is 273 g/mol. The topological polar surface area (TPSA) is 31.4 Å². The summed E-state index contributed by atoms with van der Waals surface area (Å²) in [4.78, 5) is 3.74. The minimum Gasteiger partial charge on any atom is -0.399 e. The number of rotatable bonds is 1. The van der Waals surface area contributed by atoms with Gasteiger partial charge < -0.3 is 9.31 Å². The Morgan fingerprint density at radius 1 is 1.11 bits per heavy atom. The van der Waals surface area contributed by atoms with Crippen LogP contribution in [0.15, 0.2) is 18.5 Å². The molecule has 104 valence electrons. The van der Waals surface area contributed by atoms with Crippen LogP contribution in [0, 0.1) is 0 Å². The molecule has 1 aromatic rings. The van der Waals surface area contributed by atoms with E-state index in [0.717, 1.165) is 18.5 Å². The van der Waals surface area contributed by atoms with Gasteiger partial charge in [-0.1, -0.05) is 0 Å². The summed E-state index contributed by atoms with van der Waals surface area (Å²) in [5.41, 5.74) is -2.23. The van der Waals surface area contributed by atoms with Gasteiger partial charge in [0.15, 0.2) is 0 Å². The standard InChI is InChI=1S/C12H15BF3NO2/c1-10(2)11(3,4)19-13(18-10)9-7-17-6-5-8(9)12(14,15)16/h5-7H,1-4H3. The van der Waals surface area contributed by atoms with Crippen molar-refractivity contribution in [3.8, 4) is 0 Å². The van der Waals surface area contributed by atoms with E-state index in [9.17, 15) is 13.2 Å². The quantitative estimate of drug-likeness (QED) is 0.736. The zero-order valence-corrected chi connectivity index (χ0v) is 11.2. The van der Waals surface area contributed by atoms with Crippen molar-refractivity contribution in [3.05, 3.63) is 24.0 Å². The van der Waals surface area contributed by atoms with Gasteiger partial charge in [0.1, 0.15) is 0 Å². The van der Waals surface area contributed by atoms with Crippen LogP contribution >= 0.6 is 0 Å². The molecular formula is C12H15BF3NO2. The normalized spacial score (nSPS) is 21.7. The third-order valence-corrected chi connectivity index (χ3v) is 3.66. The first-order valence-corrected chi connectivity index (χ1v) is 5.91. The van der Waals surface area contributed by atoms with E-state index < -0.39 is 30.1 Å². The molecule has 1 aliphatic heterocycles. The highest BCUT2D eigenvalue weighted by atomic mass is 19.4. The number of pyridine rings is 1. The average molecular weight is 273 g/mol.